The summed E-state index contributed by atoms with van der Waals surface area (Å²) in [5, 5.41) is 0. The molecule has 64 valence electrons. The summed E-state index contributed by atoms with van der Waals surface area (Å²) >= 11 is 3.12. The fourth-order valence-electron chi connectivity index (χ4n) is 0.614. The van der Waals surface area contributed by atoms with Crippen LogP contribution in [0.5, 0.6) is 0 Å². The van der Waals surface area contributed by atoms with Crippen molar-refractivity contribution in [1.29, 1.82) is 0 Å². The zero-order chi connectivity index (χ0) is 8.69. The summed E-state index contributed by atoms with van der Waals surface area (Å²) in [5.74, 6) is -0.305. The first kappa shape index (κ1) is 10.7. The van der Waals surface area contributed by atoms with E-state index >= 15 is 0 Å². The lowest BCUT2D eigenvalue weighted by atomic mass is 10.2. The van der Waals surface area contributed by atoms with Crippen molar-refractivity contribution in [3.8, 4) is 0 Å². The summed E-state index contributed by atoms with van der Waals surface area (Å²) in [7, 11) is 1.37. The van der Waals surface area contributed by atoms with Crippen LogP contribution in [0.4, 0.5) is 0 Å². The Bertz CT molecular complexity index is 152. The number of hydrogen-bond donors (Lipinski definition) is 0. The van der Waals surface area contributed by atoms with Crippen molar-refractivity contribution in [1.82, 2.24) is 0 Å². The van der Waals surface area contributed by atoms with Gasteiger partial charge in [0.15, 0.2) is 0 Å². The first-order chi connectivity index (χ1) is 5.22. The highest BCUT2D eigenvalue weighted by Gasteiger charge is 2.02. The Morgan fingerprint density at radius 1 is 1.64 bits per heavy atom. The summed E-state index contributed by atoms with van der Waals surface area (Å²) in [6.07, 6.45) is 5.01. The maximum absolute atomic E-state index is 10.8. The van der Waals surface area contributed by atoms with Gasteiger partial charge in [-0.2, -0.15) is 0 Å². The van der Waals surface area contributed by atoms with Crippen LogP contribution in [0.3, 0.4) is 0 Å². The van der Waals surface area contributed by atoms with E-state index in [1.807, 2.05) is 6.08 Å². The van der Waals surface area contributed by atoms with E-state index in [2.05, 4.69) is 27.6 Å². The fraction of sp³-hybridized carbons (Fsp3) is 0.625. The number of carbonyl (C=O) groups is 1. The third-order valence-corrected chi connectivity index (χ3v) is 1.91. The molecule has 0 aliphatic carbocycles. The van der Waals surface area contributed by atoms with Gasteiger partial charge in [-0.3, -0.25) is 0 Å². The zero-order valence-electron chi connectivity index (χ0n) is 6.89. The standard InChI is InChI=1S/C8H13BrO2/c1-3-4-5-6-7(9)8(10)11-2/h6H,3-5H2,1-2H3/b7-6+. The van der Waals surface area contributed by atoms with Crippen molar-refractivity contribution >= 4 is 21.9 Å². The third-order valence-electron chi connectivity index (χ3n) is 1.26. The van der Waals surface area contributed by atoms with Crippen LogP contribution in [-0.4, -0.2) is 13.1 Å². The molecule has 3 heteroatoms. The van der Waals surface area contributed by atoms with E-state index in [9.17, 15) is 4.79 Å². The fourth-order valence-corrected chi connectivity index (χ4v) is 1.00. The summed E-state index contributed by atoms with van der Waals surface area (Å²) in [6, 6.07) is 0. The van der Waals surface area contributed by atoms with Gasteiger partial charge in [0.2, 0.25) is 0 Å². The van der Waals surface area contributed by atoms with E-state index in [4.69, 9.17) is 0 Å². The molecule has 0 aromatic carbocycles. The Morgan fingerprint density at radius 3 is 2.73 bits per heavy atom. The molecule has 0 bridgehead atoms. The third kappa shape index (κ3) is 5.01. The Balaban J connectivity index is 3.71. The minimum atomic E-state index is -0.305. The molecule has 0 unspecified atom stereocenters. The van der Waals surface area contributed by atoms with E-state index < -0.39 is 0 Å². The lowest BCUT2D eigenvalue weighted by Crippen LogP contribution is -1.98. The maximum atomic E-state index is 10.8. The van der Waals surface area contributed by atoms with Gasteiger partial charge in [-0.05, 0) is 22.4 Å². The van der Waals surface area contributed by atoms with Gasteiger partial charge in [0.1, 0.15) is 0 Å². The molecule has 0 aliphatic heterocycles. The second-order valence-corrected chi connectivity index (χ2v) is 3.04. The highest BCUT2D eigenvalue weighted by Crippen LogP contribution is 2.09. The van der Waals surface area contributed by atoms with Crippen molar-refractivity contribution in [2.75, 3.05) is 7.11 Å². The number of esters is 1. The predicted octanol–water partition coefficient (Wildman–Crippen LogP) is 2.63. The van der Waals surface area contributed by atoms with Crippen molar-refractivity contribution in [2.24, 2.45) is 0 Å². The van der Waals surface area contributed by atoms with E-state index in [-0.39, 0.29) is 5.97 Å². The molecule has 0 spiro atoms. The zero-order valence-corrected chi connectivity index (χ0v) is 8.48. The van der Waals surface area contributed by atoms with Crippen LogP contribution in [-0.2, 0) is 9.53 Å². The lowest BCUT2D eigenvalue weighted by molar-refractivity contribution is -0.135. The monoisotopic (exact) mass is 220 g/mol. The highest BCUT2D eigenvalue weighted by molar-refractivity contribution is 9.12. The molecule has 0 saturated heterocycles. The molecule has 2 nitrogen and oxygen atoms in total. The van der Waals surface area contributed by atoms with Crippen LogP contribution in [0, 0.1) is 0 Å². The number of allylic oxidation sites excluding steroid dienone is 1. The number of ether oxygens (including phenoxy) is 1. The molecule has 0 N–H and O–H groups in total. The van der Waals surface area contributed by atoms with Gasteiger partial charge in [0.05, 0.1) is 11.6 Å². The molecule has 0 atom stereocenters. The largest absolute Gasteiger partial charge is 0.465 e. The lowest BCUT2D eigenvalue weighted by Gasteiger charge is -1.95. The molecule has 0 aromatic heterocycles. The molecular weight excluding hydrogens is 208 g/mol. The second-order valence-electron chi connectivity index (χ2n) is 2.19. The van der Waals surface area contributed by atoms with Crippen LogP contribution in [0.25, 0.3) is 0 Å². The molecular formula is C8H13BrO2. The van der Waals surface area contributed by atoms with Crippen LogP contribution in [0.2, 0.25) is 0 Å². The van der Waals surface area contributed by atoms with Crippen molar-refractivity contribution < 1.29 is 9.53 Å². The van der Waals surface area contributed by atoms with E-state index in [0.29, 0.717) is 4.48 Å². The van der Waals surface area contributed by atoms with Gasteiger partial charge < -0.3 is 4.74 Å². The smallest absolute Gasteiger partial charge is 0.344 e. The Labute approximate surface area is 75.7 Å². The molecule has 0 heterocycles. The van der Waals surface area contributed by atoms with Gasteiger partial charge in [0.25, 0.3) is 0 Å². The van der Waals surface area contributed by atoms with Crippen LogP contribution in [0.15, 0.2) is 10.6 Å². The molecule has 0 saturated carbocycles. The molecule has 0 amide bonds. The van der Waals surface area contributed by atoms with Gasteiger partial charge in [-0.15, -0.1) is 0 Å². The molecule has 0 rings (SSSR count). The Hall–Kier alpha value is -0.310. The minimum absolute atomic E-state index is 0.305. The van der Waals surface area contributed by atoms with Crippen LogP contribution >= 0.6 is 15.9 Å². The topological polar surface area (TPSA) is 26.3 Å². The maximum Gasteiger partial charge on any atom is 0.344 e. The van der Waals surface area contributed by atoms with E-state index in [1.165, 1.54) is 7.11 Å². The van der Waals surface area contributed by atoms with Crippen molar-refractivity contribution in [3.05, 3.63) is 10.6 Å². The van der Waals surface area contributed by atoms with Gasteiger partial charge in [-0.1, -0.05) is 25.8 Å². The molecule has 0 radical (unpaired) electrons. The Kier molecular flexibility index (Phi) is 6.22. The first-order valence-corrected chi connectivity index (χ1v) is 4.45. The van der Waals surface area contributed by atoms with Crippen LogP contribution in [0.1, 0.15) is 26.2 Å². The number of methoxy groups -OCH3 is 1. The summed E-state index contributed by atoms with van der Waals surface area (Å²) in [4.78, 5) is 10.8. The SMILES string of the molecule is CCCC/C=C(/Br)C(=O)OC. The molecule has 0 fully saturated rings. The normalized spacial score (nSPS) is 11.4. The Morgan fingerprint density at radius 2 is 2.27 bits per heavy atom. The number of unbranched alkanes of at least 4 members (excludes halogenated alkanes) is 2. The predicted molar refractivity (Wildman–Crippen MR) is 48.6 cm³/mol. The van der Waals surface area contributed by atoms with E-state index in [1.54, 1.807) is 0 Å². The summed E-state index contributed by atoms with van der Waals surface area (Å²) in [6.45, 7) is 2.11. The summed E-state index contributed by atoms with van der Waals surface area (Å²) < 4.78 is 5.01. The molecule has 0 aromatic rings. The van der Waals surface area contributed by atoms with Crippen LogP contribution < -0.4 is 0 Å². The average molecular weight is 221 g/mol. The van der Waals surface area contributed by atoms with Gasteiger partial charge in [-0.25, -0.2) is 4.79 Å². The number of hydrogen-bond acceptors (Lipinski definition) is 2. The quantitative estimate of drug-likeness (QED) is 0.414. The van der Waals surface area contributed by atoms with Gasteiger partial charge >= 0.3 is 5.97 Å². The first-order valence-electron chi connectivity index (χ1n) is 3.66. The number of halogens is 1. The van der Waals surface area contributed by atoms with Crippen molar-refractivity contribution in [3.63, 3.8) is 0 Å². The number of carbonyl (C=O) groups excluding carboxylic acids is 1. The minimum Gasteiger partial charge on any atom is -0.465 e. The average Bonchev–Trinajstić information content (AvgIpc) is 2.03. The number of rotatable bonds is 4. The molecule has 11 heavy (non-hydrogen) atoms. The van der Waals surface area contributed by atoms with E-state index in [0.717, 1.165) is 19.3 Å². The molecule has 0 aliphatic rings. The highest BCUT2D eigenvalue weighted by atomic mass is 79.9. The summed E-state index contributed by atoms with van der Waals surface area (Å²) in [5.41, 5.74) is 0. The second kappa shape index (κ2) is 6.40. The van der Waals surface area contributed by atoms with Gasteiger partial charge in [0, 0.05) is 0 Å². The van der Waals surface area contributed by atoms with Crippen molar-refractivity contribution in [2.45, 2.75) is 26.2 Å².